The van der Waals surface area contributed by atoms with E-state index in [1.54, 1.807) is 0 Å². The van der Waals surface area contributed by atoms with Gasteiger partial charge in [0.2, 0.25) is 0 Å². The minimum Gasteiger partial charge on any atom is -0.326 e. The largest absolute Gasteiger partial charge is 0.326 e. The van der Waals surface area contributed by atoms with E-state index in [2.05, 4.69) is 44.6 Å². The van der Waals surface area contributed by atoms with Gasteiger partial charge in [-0.15, -0.1) is 0 Å². The van der Waals surface area contributed by atoms with E-state index in [1.165, 1.54) is 11.3 Å². The lowest BCUT2D eigenvalue weighted by atomic mass is 10.0. The maximum Gasteiger partial charge on any atom is 0.145 e. The van der Waals surface area contributed by atoms with Gasteiger partial charge in [-0.1, -0.05) is 18.2 Å². The van der Waals surface area contributed by atoms with Crippen molar-refractivity contribution in [1.29, 1.82) is 0 Å². The highest BCUT2D eigenvalue weighted by molar-refractivity contribution is 5.66. The Kier molecular flexibility index (Phi) is 3.05. The molecule has 1 aliphatic heterocycles. The van der Waals surface area contributed by atoms with Crippen LogP contribution in [0.1, 0.15) is 17.8 Å². The van der Waals surface area contributed by atoms with Crippen LogP contribution in [0, 0.1) is 6.92 Å². The Labute approximate surface area is 112 Å². The summed E-state index contributed by atoms with van der Waals surface area (Å²) in [4.78, 5) is 11.0. The first kappa shape index (κ1) is 11.9. The molecule has 1 aromatic carbocycles. The lowest BCUT2D eigenvalue weighted by molar-refractivity contribution is 0.756. The summed E-state index contributed by atoms with van der Waals surface area (Å²) in [7, 11) is 0. The number of nitrogen functional groups attached to an aromatic ring is 1. The van der Waals surface area contributed by atoms with E-state index in [1.807, 2.05) is 13.0 Å². The Morgan fingerprint density at radius 2 is 2.11 bits per heavy atom. The van der Waals surface area contributed by atoms with Crippen LogP contribution in [-0.4, -0.2) is 16.5 Å². The van der Waals surface area contributed by atoms with Crippen molar-refractivity contribution in [2.24, 2.45) is 5.84 Å². The molecule has 0 amide bonds. The third kappa shape index (κ3) is 2.24. The molecular weight excluding hydrogens is 238 g/mol. The van der Waals surface area contributed by atoms with Crippen LogP contribution < -0.4 is 16.2 Å². The van der Waals surface area contributed by atoms with Gasteiger partial charge in [-0.2, -0.15) is 0 Å². The molecule has 0 spiro atoms. The van der Waals surface area contributed by atoms with E-state index in [0.29, 0.717) is 11.6 Å². The van der Waals surface area contributed by atoms with Crippen molar-refractivity contribution in [3.05, 3.63) is 41.7 Å². The Morgan fingerprint density at radius 3 is 2.95 bits per heavy atom. The Bertz CT molecular complexity index is 596. The number of para-hydroxylation sites is 1. The number of rotatable bonds is 2. The SMILES string of the molecule is Cc1nc(NN)cc(N2CCCc3ccccc32)n1. The normalized spacial score (nSPS) is 14.1. The first-order valence-corrected chi connectivity index (χ1v) is 6.45. The van der Waals surface area contributed by atoms with Gasteiger partial charge in [0.1, 0.15) is 17.5 Å². The van der Waals surface area contributed by atoms with Crippen molar-refractivity contribution in [3.8, 4) is 0 Å². The molecule has 0 saturated heterocycles. The monoisotopic (exact) mass is 255 g/mol. The van der Waals surface area contributed by atoms with Crippen molar-refractivity contribution < 1.29 is 0 Å². The summed E-state index contributed by atoms with van der Waals surface area (Å²) in [5.74, 6) is 7.71. The molecule has 0 aliphatic carbocycles. The Balaban J connectivity index is 2.06. The number of aromatic nitrogens is 2. The van der Waals surface area contributed by atoms with E-state index in [-0.39, 0.29) is 0 Å². The molecule has 2 aromatic rings. The second-order valence-corrected chi connectivity index (χ2v) is 4.69. The quantitative estimate of drug-likeness (QED) is 0.636. The molecule has 0 fully saturated rings. The van der Waals surface area contributed by atoms with Gasteiger partial charge in [-0.05, 0) is 31.4 Å². The van der Waals surface area contributed by atoms with Gasteiger partial charge in [0, 0.05) is 18.3 Å². The highest BCUT2D eigenvalue weighted by atomic mass is 15.3. The van der Waals surface area contributed by atoms with E-state index in [4.69, 9.17) is 5.84 Å². The number of hydrogen-bond donors (Lipinski definition) is 2. The highest BCUT2D eigenvalue weighted by Gasteiger charge is 2.19. The van der Waals surface area contributed by atoms with E-state index < -0.39 is 0 Å². The molecule has 0 atom stereocenters. The van der Waals surface area contributed by atoms with Gasteiger partial charge < -0.3 is 10.3 Å². The van der Waals surface area contributed by atoms with E-state index >= 15 is 0 Å². The predicted molar refractivity (Wildman–Crippen MR) is 76.3 cm³/mol. The van der Waals surface area contributed by atoms with Crippen LogP contribution in [0.15, 0.2) is 30.3 Å². The number of benzene rings is 1. The van der Waals surface area contributed by atoms with E-state index in [0.717, 1.165) is 25.2 Å². The maximum absolute atomic E-state index is 5.45. The van der Waals surface area contributed by atoms with Crippen LogP contribution in [0.25, 0.3) is 0 Å². The second-order valence-electron chi connectivity index (χ2n) is 4.69. The van der Waals surface area contributed by atoms with Crippen molar-refractivity contribution in [1.82, 2.24) is 9.97 Å². The van der Waals surface area contributed by atoms with Crippen LogP contribution in [0.3, 0.4) is 0 Å². The Morgan fingerprint density at radius 1 is 1.26 bits per heavy atom. The molecule has 5 heteroatoms. The predicted octanol–water partition coefficient (Wildman–Crippen LogP) is 2.15. The molecule has 3 rings (SSSR count). The summed E-state index contributed by atoms with van der Waals surface area (Å²) in [6, 6.07) is 10.3. The van der Waals surface area contributed by atoms with Gasteiger partial charge in [-0.3, -0.25) is 0 Å². The first-order chi connectivity index (χ1) is 9.28. The van der Waals surface area contributed by atoms with Crippen molar-refractivity contribution >= 4 is 17.3 Å². The molecule has 1 aromatic heterocycles. The summed E-state index contributed by atoms with van der Waals surface area (Å²) < 4.78 is 0. The number of aryl methyl sites for hydroxylation is 2. The van der Waals surface area contributed by atoms with E-state index in [9.17, 15) is 0 Å². The van der Waals surface area contributed by atoms with Crippen molar-refractivity contribution in [3.63, 3.8) is 0 Å². The molecule has 19 heavy (non-hydrogen) atoms. The van der Waals surface area contributed by atoms with Crippen LogP contribution >= 0.6 is 0 Å². The molecule has 1 aliphatic rings. The van der Waals surface area contributed by atoms with Gasteiger partial charge in [0.25, 0.3) is 0 Å². The topological polar surface area (TPSA) is 67.1 Å². The number of nitrogens with zero attached hydrogens (tertiary/aromatic N) is 3. The molecule has 0 radical (unpaired) electrons. The zero-order chi connectivity index (χ0) is 13.2. The van der Waals surface area contributed by atoms with Crippen LogP contribution in [-0.2, 0) is 6.42 Å². The number of nitrogens with one attached hydrogen (secondary N) is 1. The van der Waals surface area contributed by atoms with Crippen molar-refractivity contribution in [2.45, 2.75) is 19.8 Å². The van der Waals surface area contributed by atoms with Gasteiger partial charge >= 0.3 is 0 Å². The number of nitrogens with two attached hydrogens (primary N) is 1. The van der Waals surface area contributed by atoms with Crippen LogP contribution in [0.5, 0.6) is 0 Å². The fourth-order valence-corrected chi connectivity index (χ4v) is 2.54. The minimum absolute atomic E-state index is 0.644. The first-order valence-electron chi connectivity index (χ1n) is 6.45. The molecule has 5 nitrogen and oxygen atoms in total. The van der Waals surface area contributed by atoms with Crippen LogP contribution in [0.2, 0.25) is 0 Å². The summed E-state index contributed by atoms with van der Waals surface area (Å²) in [6.45, 7) is 2.84. The second kappa shape index (κ2) is 4.85. The zero-order valence-electron chi connectivity index (χ0n) is 10.9. The zero-order valence-corrected chi connectivity index (χ0v) is 10.9. The lowest BCUT2D eigenvalue weighted by Gasteiger charge is -2.30. The third-order valence-electron chi connectivity index (χ3n) is 3.36. The van der Waals surface area contributed by atoms with Gasteiger partial charge in [-0.25, -0.2) is 15.8 Å². The summed E-state index contributed by atoms with van der Waals surface area (Å²) in [5.41, 5.74) is 5.19. The highest BCUT2D eigenvalue weighted by Crippen LogP contribution is 2.32. The molecular formula is C14H17N5. The van der Waals surface area contributed by atoms with Crippen LogP contribution in [0.4, 0.5) is 17.3 Å². The Hall–Kier alpha value is -2.14. The minimum atomic E-state index is 0.644. The number of hydrazine groups is 1. The smallest absolute Gasteiger partial charge is 0.145 e. The summed E-state index contributed by atoms with van der Waals surface area (Å²) >= 11 is 0. The third-order valence-corrected chi connectivity index (χ3v) is 3.36. The van der Waals surface area contributed by atoms with Crippen molar-refractivity contribution in [2.75, 3.05) is 16.9 Å². The average Bonchev–Trinajstić information content (AvgIpc) is 2.46. The summed E-state index contributed by atoms with van der Waals surface area (Å²) in [6.07, 6.45) is 2.25. The standard InChI is InChI=1S/C14H17N5/c1-10-16-13(18-15)9-14(17-10)19-8-4-6-11-5-2-3-7-12(11)19/h2-3,5,7,9H,4,6,8,15H2,1H3,(H,16,17,18). The fraction of sp³-hybridized carbons (Fsp3) is 0.286. The molecule has 98 valence electrons. The number of hydrogen-bond acceptors (Lipinski definition) is 5. The molecule has 0 unspecified atom stereocenters. The average molecular weight is 255 g/mol. The fourth-order valence-electron chi connectivity index (χ4n) is 2.54. The van der Waals surface area contributed by atoms with Gasteiger partial charge in [0.15, 0.2) is 0 Å². The maximum atomic E-state index is 5.45. The molecule has 2 heterocycles. The summed E-state index contributed by atoms with van der Waals surface area (Å²) in [5, 5.41) is 0. The molecule has 3 N–H and O–H groups in total. The lowest BCUT2D eigenvalue weighted by Crippen LogP contribution is -2.26. The molecule has 0 saturated carbocycles. The molecule has 0 bridgehead atoms. The number of fused-ring (bicyclic) bond motifs is 1. The van der Waals surface area contributed by atoms with Gasteiger partial charge in [0.05, 0.1) is 0 Å². The number of anilines is 3.